The molecule has 0 radical (unpaired) electrons. The average molecular weight is 387 g/mol. The summed E-state index contributed by atoms with van der Waals surface area (Å²) in [5, 5.41) is 10.9. The third-order valence-electron chi connectivity index (χ3n) is 4.78. The zero-order chi connectivity index (χ0) is 16.5. The Morgan fingerprint density at radius 2 is 2.00 bits per heavy atom. The van der Waals surface area contributed by atoms with Crippen LogP contribution in [0.5, 0.6) is 0 Å². The summed E-state index contributed by atoms with van der Waals surface area (Å²) in [4.78, 5) is 8.81. The molecule has 4 nitrogen and oxygen atoms in total. The number of rotatable bonds is 3. The van der Waals surface area contributed by atoms with Crippen molar-refractivity contribution in [1.82, 2.24) is 9.97 Å². The van der Waals surface area contributed by atoms with Gasteiger partial charge < -0.3 is 9.52 Å². The van der Waals surface area contributed by atoms with Gasteiger partial charge in [-0.15, -0.1) is 0 Å². The highest BCUT2D eigenvalue weighted by Crippen LogP contribution is 2.39. The summed E-state index contributed by atoms with van der Waals surface area (Å²) in [5.74, 6) is 1.25. The van der Waals surface area contributed by atoms with Crippen LogP contribution in [0.25, 0.3) is 22.4 Å². The van der Waals surface area contributed by atoms with Crippen molar-refractivity contribution in [2.75, 3.05) is 0 Å². The molecule has 2 heterocycles. The third kappa shape index (κ3) is 2.98. The molecule has 2 unspecified atom stereocenters. The van der Waals surface area contributed by atoms with Gasteiger partial charge in [0.25, 0.3) is 0 Å². The summed E-state index contributed by atoms with van der Waals surface area (Å²) in [7, 11) is 0. The number of hydrogen-bond acceptors (Lipinski definition) is 4. The highest BCUT2D eigenvalue weighted by atomic mass is 79.9. The van der Waals surface area contributed by atoms with Gasteiger partial charge in [-0.1, -0.05) is 36.8 Å². The van der Waals surface area contributed by atoms with Crippen molar-refractivity contribution in [3.8, 4) is 11.3 Å². The molecule has 0 aliphatic heterocycles. The van der Waals surface area contributed by atoms with Crippen LogP contribution in [0.2, 0.25) is 0 Å². The summed E-state index contributed by atoms with van der Waals surface area (Å²) in [6.07, 6.45) is 6.25. The Kier molecular flexibility index (Phi) is 4.37. The molecule has 124 valence electrons. The summed E-state index contributed by atoms with van der Waals surface area (Å²) < 4.78 is 6.90. The molecule has 3 aromatic rings. The Morgan fingerprint density at radius 1 is 1.17 bits per heavy atom. The molecule has 4 rings (SSSR count). The van der Waals surface area contributed by atoms with Gasteiger partial charge in [-0.3, -0.25) is 0 Å². The molecule has 0 spiro atoms. The Balaban J connectivity index is 1.73. The van der Waals surface area contributed by atoms with Crippen LogP contribution in [-0.4, -0.2) is 21.2 Å². The van der Waals surface area contributed by atoms with E-state index >= 15 is 0 Å². The Labute approximate surface area is 149 Å². The number of halogens is 1. The Morgan fingerprint density at radius 3 is 2.79 bits per heavy atom. The molecule has 24 heavy (non-hydrogen) atoms. The molecule has 1 fully saturated rings. The molecule has 2 atom stereocenters. The summed E-state index contributed by atoms with van der Waals surface area (Å²) in [5.41, 5.74) is 2.63. The molecule has 1 N–H and O–H groups in total. The smallest absolute Gasteiger partial charge is 0.231 e. The number of fused-ring (bicyclic) bond motifs is 1. The molecule has 1 aromatic carbocycles. The van der Waals surface area contributed by atoms with E-state index in [9.17, 15) is 5.11 Å². The van der Waals surface area contributed by atoms with Crippen LogP contribution in [0.4, 0.5) is 0 Å². The quantitative estimate of drug-likeness (QED) is 0.705. The van der Waals surface area contributed by atoms with E-state index in [0.717, 1.165) is 59.0 Å². The standard InChI is InChI=1S/C19H19BrN2O2/c20-17-16-15(10-12-5-4-8-14(23)9-12)21-11-22-19(16)24-18(17)13-6-2-1-3-7-13/h1-3,6-7,11-12,14,23H,4-5,8-10H2. The second kappa shape index (κ2) is 6.65. The van der Waals surface area contributed by atoms with Crippen LogP contribution in [0, 0.1) is 5.92 Å². The van der Waals surface area contributed by atoms with Crippen molar-refractivity contribution in [3.05, 3.63) is 46.8 Å². The van der Waals surface area contributed by atoms with Crippen molar-refractivity contribution in [1.29, 1.82) is 0 Å². The molecule has 1 aliphatic carbocycles. The predicted molar refractivity (Wildman–Crippen MR) is 96.6 cm³/mol. The summed E-state index contributed by atoms with van der Waals surface area (Å²) in [6, 6.07) is 10.0. The zero-order valence-corrected chi connectivity index (χ0v) is 14.9. The third-order valence-corrected chi connectivity index (χ3v) is 5.54. The maximum Gasteiger partial charge on any atom is 0.231 e. The van der Waals surface area contributed by atoms with Crippen molar-refractivity contribution < 1.29 is 9.52 Å². The number of aliphatic hydroxyl groups is 1. The molecule has 0 bridgehead atoms. The number of aliphatic hydroxyl groups excluding tert-OH is 1. The lowest BCUT2D eigenvalue weighted by molar-refractivity contribution is 0.101. The van der Waals surface area contributed by atoms with Gasteiger partial charge in [0.15, 0.2) is 5.76 Å². The number of hydrogen-bond donors (Lipinski definition) is 1. The fourth-order valence-corrected chi connectivity index (χ4v) is 4.32. The number of benzene rings is 1. The Hall–Kier alpha value is -1.72. The number of furan rings is 1. The first-order chi connectivity index (χ1) is 11.7. The predicted octanol–water partition coefficient (Wildman–Crippen LogP) is 4.75. The largest absolute Gasteiger partial charge is 0.436 e. The monoisotopic (exact) mass is 386 g/mol. The fraction of sp³-hybridized carbons (Fsp3) is 0.368. The van der Waals surface area contributed by atoms with Gasteiger partial charge in [0.2, 0.25) is 5.71 Å². The number of nitrogens with zero attached hydrogens (tertiary/aromatic N) is 2. The van der Waals surface area contributed by atoms with E-state index in [1.807, 2.05) is 30.3 Å². The molecule has 0 saturated heterocycles. The van der Waals surface area contributed by atoms with Gasteiger partial charge in [-0.25, -0.2) is 9.97 Å². The van der Waals surface area contributed by atoms with Crippen LogP contribution in [0.1, 0.15) is 31.4 Å². The van der Waals surface area contributed by atoms with E-state index in [2.05, 4.69) is 25.9 Å². The maximum atomic E-state index is 9.92. The second-order valence-electron chi connectivity index (χ2n) is 6.50. The van der Waals surface area contributed by atoms with Crippen molar-refractivity contribution >= 4 is 27.0 Å². The lowest BCUT2D eigenvalue weighted by atomic mass is 9.84. The second-order valence-corrected chi connectivity index (χ2v) is 7.30. The summed E-state index contributed by atoms with van der Waals surface area (Å²) >= 11 is 3.69. The van der Waals surface area contributed by atoms with Crippen molar-refractivity contribution in [2.45, 2.75) is 38.2 Å². The first-order valence-electron chi connectivity index (χ1n) is 8.37. The van der Waals surface area contributed by atoms with Crippen LogP contribution in [0.15, 0.2) is 45.5 Å². The average Bonchev–Trinajstić information content (AvgIpc) is 2.94. The van der Waals surface area contributed by atoms with Crippen LogP contribution >= 0.6 is 15.9 Å². The normalized spacial score (nSPS) is 21.2. The van der Waals surface area contributed by atoms with E-state index in [4.69, 9.17) is 4.42 Å². The molecular formula is C19H19BrN2O2. The number of aromatic nitrogens is 2. The molecular weight excluding hydrogens is 368 g/mol. The minimum absolute atomic E-state index is 0.172. The lowest BCUT2D eigenvalue weighted by Crippen LogP contribution is -2.21. The minimum atomic E-state index is -0.172. The maximum absolute atomic E-state index is 9.92. The molecule has 1 aliphatic rings. The highest BCUT2D eigenvalue weighted by molar-refractivity contribution is 9.10. The lowest BCUT2D eigenvalue weighted by Gasteiger charge is -2.25. The van der Waals surface area contributed by atoms with Gasteiger partial charge >= 0.3 is 0 Å². The van der Waals surface area contributed by atoms with Crippen LogP contribution in [-0.2, 0) is 6.42 Å². The van der Waals surface area contributed by atoms with Gasteiger partial charge in [0, 0.05) is 5.56 Å². The molecule has 2 aromatic heterocycles. The van der Waals surface area contributed by atoms with E-state index < -0.39 is 0 Å². The van der Waals surface area contributed by atoms with Crippen molar-refractivity contribution in [2.24, 2.45) is 5.92 Å². The van der Waals surface area contributed by atoms with E-state index in [1.54, 1.807) is 6.33 Å². The zero-order valence-electron chi connectivity index (χ0n) is 13.3. The first kappa shape index (κ1) is 15.8. The van der Waals surface area contributed by atoms with Crippen LogP contribution in [0.3, 0.4) is 0 Å². The first-order valence-corrected chi connectivity index (χ1v) is 9.17. The molecule has 5 heteroatoms. The minimum Gasteiger partial charge on any atom is -0.436 e. The topological polar surface area (TPSA) is 59.2 Å². The van der Waals surface area contributed by atoms with E-state index in [-0.39, 0.29) is 6.10 Å². The fourth-order valence-electron chi connectivity index (χ4n) is 3.61. The Bertz CT molecular complexity index is 847. The van der Waals surface area contributed by atoms with Gasteiger partial charge in [-0.05, 0) is 47.5 Å². The SMILES string of the molecule is OC1CCCC(Cc2ncnc3oc(-c4ccccc4)c(Br)c23)C1. The van der Waals surface area contributed by atoms with Gasteiger partial charge in [-0.2, -0.15) is 0 Å². The molecule has 1 saturated carbocycles. The molecule has 0 amide bonds. The van der Waals surface area contributed by atoms with E-state index in [0.29, 0.717) is 11.6 Å². The van der Waals surface area contributed by atoms with Gasteiger partial charge in [0.05, 0.1) is 21.7 Å². The van der Waals surface area contributed by atoms with E-state index in [1.165, 1.54) is 0 Å². The van der Waals surface area contributed by atoms with Gasteiger partial charge in [0.1, 0.15) is 6.33 Å². The van der Waals surface area contributed by atoms with Crippen molar-refractivity contribution in [3.63, 3.8) is 0 Å². The van der Waals surface area contributed by atoms with Crippen LogP contribution < -0.4 is 0 Å². The highest BCUT2D eigenvalue weighted by Gasteiger charge is 2.24. The summed E-state index contributed by atoms with van der Waals surface area (Å²) in [6.45, 7) is 0.